The summed E-state index contributed by atoms with van der Waals surface area (Å²) in [6.07, 6.45) is 3.62. The largest absolute Gasteiger partial charge is 0.283 e. The smallest absolute Gasteiger partial charge is 0.235 e. The fourth-order valence-corrected chi connectivity index (χ4v) is 3.49. The van der Waals surface area contributed by atoms with Gasteiger partial charge >= 0.3 is 0 Å². The van der Waals surface area contributed by atoms with Crippen LogP contribution >= 0.6 is 0 Å². The van der Waals surface area contributed by atoms with Gasteiger partial charge in [0.25, 0.3) is 0 Å². The third-order valence-electron chi connectivity index (χ3n) is 2.72. The Morgan fingerprint density at radius 1 is 1.20 bits per heavy atom. The van der Waals surface area contributed by atoms with Crippen LogP contribution in [0.1, 0.15) is 25.7 Å². The highest BCUT2D eigenvalue weighted by Crippen LogP contribution is 2.25. The second-order valence-corrected chi connectivity index (χ2v) is 5.80. The maximum absolute atomic E-state index is 11.9. The lowest BCUT2D eigenvalue weighted by Crippen LogP contribution is -2.25. The Kier molecular flexibility index (Phi) is 2.95. The van der Waals surface area contributed by atoms with E-state index in [4.69, 9.17) is 0 Å². The molecule has 0 aliphatic heterocycles. The fourth-order valence-electron chi connectivity index (χ4n) is 1.90. The third-order valence-corrected chi connectivity index (χ3v) is 4.59. The van der Waals surface area contributed by atoms with Crippen molar-refractivity contribution in [2.45, 2.75) is 30.9 Å². The molecule has 0 bridgehead atoms. The molecule has 0 atom stereocenters. The van der Waals surface area contributed by atoms with E-state index in [1.54, 1.807) is 24.3 Å². The van der Waals surface area contributed by atoms with Gasteiger partial charge in [0.05, 0.1) is 5.25 Å². The molecule has 1 aliphatic rings. The van der Waals surface area contributed by atoms with Crippen molar-refractivity contribution in [1.82, 2.24) is 0 Å². The van der Waals surface area contributed by atoms with Crippen LogP contribution in [-0.4, -0.2) is 13.7 Å². The average Bonchev–Trinajstić information content (AvgIpc) is 2.71. The predicted octanol–water partition coefficient (Wildman–Crippen LogP) is 2.17. The van der Waals surface area contributed by atoms with Crippen LogP contribution in [0.15, 0.2) is 24.3 Å². The molecule has 1 fully saturated rings. The van der Waals surface area contributed by atoms with Crippen molar-refractivity contribution in [3.8, 4) is 0 Å². The number of rotatable bonds is 3. The quantitative estimate of drug-likeness (QED) is 0.855. The van der Waals surface area contributed by atoms with Crippen LogP contribution in [0.2, 0.25) is 0 Å². The second kappa shape index (κ2) is 4.23. The van der Waals surface area contributed by atoms with Gasteiger partial charge in [-0.25, -0.2) is 8.42 Å². The molecule has 0 aromatic heterocycles. The molecule has 2 rings (SSSR count). The molecular formula is C11H14NO2S. The minimum Gasteiger partial charge on any atom is -0.283 e. The summed E-state index contributed by atoms with van der Waals surface area (Å²) in [5, 5.41) is -0.207. The van der Waals surface area contributed by atoms with Gasteiger partial charge in [0.2, 0.25) is 10.0 Å². The molecular weight excluding hydrogens is 210 g/mol. The van der Waals surface area contributed by atoms with Crippen molar-refractivity contribution in [1.29, 1.82) is 0 Å². The summed E-state index contributed by atoms with van der Waals surface area (Å²) in [4.78, 5) is 0. The lowest BCUT2D eigenvalue weighted by atomic mass is 10.3. The van der Waals surface area contributed by atoms with Crippen molar-refractivity contribution in [3.63, 3.8) is 0 Å². The van der Waals surface area contributed by atoms with E-state index >= 15 is 0 Å². The molecule has 1 radical (unpaired) electrons. The van der Waals surface area contributed by atoms with Crippen molar-refractivity contribution in [2.24, 2.45) is 0 Å². The Morgan fingerprint density at radius 2 is 1.80 bits per heavy atom. The topological polar surface area (TPSA) is 46.2 Å². The van der Waals surface area contributed by atoms with Gasteiger partial charge in [-0.3, -0.25) is 4.72 Å². The van der Waals surface area contributed by atoms with Crippen LogP contribution < -0.4 is 4.72 Å². The van der Waals surface area contributed by atoms with Crippen molar-refractivity contribution in [3.05, 3.63) is 30.3 Å². The highest BCUT2D eigenvalue weighted by Gasteiger charge is 2.28. The van der Waals surface area contributed by atoms with Crippen LogP contribution in [0.3, 0.4) is 0 Å². The van der Waals surface area contributed by atoms with Crippen molar-refractivity contribution < 1.29 is 8.42 Å². The van der Waals surface area contributed by atoms with Gasteiger partial charge in [0.15, 0.2) is 0 Å². The molecule has 15 heavy (non-hydrogen) atoms. The molecule has 0 amide bonds. The van der Waals surface area contributed by atoms with Gasteiger partial charge in [-0.15, -0.1) is 0 Å². The molecule has 1 N–H and O–H groups in total. The second-order valence-electron chi connectivity index (χ2n) is 3.84. The van der Waals surface area contributed by atoms with E-state index in [0.717, 1.165) is 25.7 Å². The summed E-state index contributed by atoms with van der Waals surface area (Å²) < 4.78 is 26.4. The van der Waals surface area contributed by atoms with E-state index in [0.29, 0.717) is 5.69 Å². The van der Waals surface area contributed by atoms with Crippen LogP contribution in [0.5, 0.6) is 0 Å². The monoisotopic (exact) mass is 224 g/mol. The van der Waals surface area contributed by atoms with Crippen molar-refractivity contribution >= 4 is 15.7 Å². The van der Waals surface area contributed by atoms with Crippen LogP contribution in [0, 0.1) is 6.07 Å². The average molecular weight is 224 g/mol. The summed E-state index contributed by atoms with van der Waals surface area (Å²) >= 11 is 0. The Hall–Kier alpha value is -1.03. The lowest BCUT2D eigenvalue weighted by Gasteiger charge is -2.12. The zero-order valence-electron chi connectivity index (χ0n) is 8.44. The number of benzene rings is 1. The van der Waals surface area contributed by atoms with E-state index < -0.39 is 10.0 Å². The van der Waals surface area contributed by atoms with E-state index in [1.807, 2.05) is 0 Å². The Balaban J connectivity index is 2.11. The molecule has 1 aromatic carbocycles. The van der Waals surface area contributed by atoms with Crippen LogP contribution in [0.4, 0.5) is 5.69 Å². The summed E-state index contributed by atoms with van der Waals surface area (Å²) in [6, 6.07) is 9.68. The Labute approximate surface area is 90.6 Å². The number of hydrogen-bond acceptors (Lipinski definition) is 2. The van der Waals surface area contributed by atoms with Gasteiger partial charge in [0.1, 0.15) is 0 Å². The fraction of sp³-hybridized carbons (Fsp3) is 0.455. The van der Waals surface area contributed by atoms with Gasteiger partial charge in [-0.2, -0.15) is 0 Å². The molecule has 1 saturated carbocycles. The van der Waals surface area contributed by atoms with Crippen LogP contribution in [-0.2, 0) is 10.0 Å². The minimum absolute atomic E-state index is 0.207. The maximum Gasteiger partial charge on any atom is 0.235 e. The zero-order valence-corrected chi connectivity index (χ0v) is 9.26. The molecule has 1 aromatic rings. The first kappa shape index (κ1) is 10.5. The minimum atomic E-state index is -3.18. The summed E-state index contributed by atoms with van der Waals surface area (Å²) in [5.74, 6) is 0. The number of hydrogen-bond donors (Lipinski definition) is 1. The summed E-state index contributed by atoms with van der Waals surface area (Å²) in [5.41, 5.74) is 0.626. The van der Waals surface area contributed by atoms with Crippen LogP contribution in [0.25, 0.3) is 0 Å². The molecule has 4 heteroatoms. The number of sulfonamides is 1. The van der Waals surface area contributed by atoms with Crippen molar-refractivity contribution in [2.75, 3.05) is 4.72 Å². The summed E-state index contributed by atoms with van der Waals surface area (Å²) in [6.45, 7) is 0. The molecule has 0 spiro atoms. The SMILES string of the molecule is O=S(=O)(Nc1cc[c]cc1)C1CCCC1. The van der Waals surface area contributed by atoms with Gasteiger partial charge in [0, 0.05) is 5.69 Å². The lowest BCUT2D eigenvalue weighted by molar-refractivity contribution is 0.585. The molecule has 1 aliphatic carbocycles. The van der Waals surface area contributed by atoms with Gasteiger partial charge in [-0.05, 0) is 31.0 Å². The molecule has 3 nitrogen and oxygen atoms in total. The normalized spacial score (nSPS) is 17.9. The zero-order chi connectivity index (χ0) is 10.7. The molecule has 81 valence electrons. The Morgan fingerprint density at radius 3 is 2.40 bits per heavy atom. The third kappa shape index (κ3) is 2.50. The predicted molar refractivity (Wildman–Crippen MR) is 60.1 cm³/mol. The van der Waals surface area contributed by atoms with E-state index in [2.05, 4.69) is 10.8 Å². The molecule has 0 heterocycles. The first-order valence-electron chi connectivity index (χ1n) is 5.16. The van der Waals surface area contributed by atoms with E-state index in [-0.39, 0.29) is 5.25 Å². The van der Waals surface area contributed by atoms with E-state index in [1.165, 1.54) is 0 Å². The Bertz CT molecular complexity index is 407. The maximum atomic E-state index is 11.9. The highest BCUT2D eigenvalue weighted by atomic mass is 32.2. The summed E-state index contributed by atoms with van der Waals surface area (Å²) in [7, 11) is -3.18. The first-order valence-corrected chi connectivity index (χ1v) is 6.71. The highest BCUT2D eigenvalue weighted by molar-refractivity contribution is 7.93. The standard InChI is InChI=1S/C11H14NO2S/c13-15(14,11-8-4-5-9-11)12-10-6-2-1-3-7-10/h2-3,6-7,11-12H,4-5,8-9H2. The molecule has 0 unspecified atom stereocenters. The van der Waals surface area contributed by atoms with E-state index in [9.17, 15) is 8.42 Å². The van der Waals surface area contributed by atoms with Gasteiger partial charge < -0.3 is 0 Å². The number of nitrogens with one attached hydrogen (secondary N) is 1. The first-order chi connectivity index (χ1) is 7.18. The molecule has 0 saturated heterocycles. The van der Waals surface area contributed by atoms with Gasteiger partial charge in [-0.1, -0.05) is 25.0 Å². The number of anilines is 1.